The van der Waals surface area contributed by atoms with Crippen LogP contribution in [0.25, 0.3) is 0 Å². The second-order valence-electron chi connectivity index (χ2n) is 3.97. The molecule has 3 N–H and O–H groups in total. The maximum absolute atomic E-state index is 11.6. The Bertz CT molecular complexity index is 429. The Balaban J connectivity index is 2.57. The largest absolute Gasteiger partial charge is 0.479 e. The molecule has 1 heterocycles. The van der Waals surface area contributed by atoms with Gasteiger partial charge in [0.05, 0.1) is 6.54 Å². The third kappa shape index (κ3) is 3.52. The van der Waals surface area contributed by atoms with Gasteiger partial charge < -0.3 is 15.2 Å². The standard InChI is InChI=1S/C10H16N4O4/c1-5(2)7-12-8(14-13-7)9(15)11-4-6(18-3)10(16)17/h5-6H,4H2,1-3H3,(H,11,15)(H,16,17)(H,12,13,14). The first kappa shape index (κ1) is 14.1. The molecule has 8 nitrogen and oxygen atoms in total. The van der Waals surface area contributed by atoms with Gasteiger partial charge in [-0.25, -0.2) is 9.78 Å². The van der Waals surface area contributed by atoms with Crippen molar-refractivity contribution in [3.63, 3.8) is 0 Å². The molecule has 0 spiro atoms. The van der Waals surface area contributed by atoms with Crippen LogP contribution in [0, 0.1) is 0 Å². The molecule has 1 amide bonds. The molecule has 0 fully saturated rings. The Morgan fingerprint density at radius 2 is 2.17 bits per heavy atom. The summed E-state index contributed by atoms with van der Waals surface area (Å²) in [6.07, 6.45) is -1.09. The van der Waals surface area contributed by atoms with E-state index >= 15 is 0 Å². The van der Waals surface area contributed by atoms with Gasteiger partial charge in [0.1, 0.15) is 5.82 Å². The molecule has 0 saturated carbocycles. The molecule has 1 unspecified atom stereocenters. The van der Waals surface area contributed by atoms with E-state index in [1.807, 2.05) is 13.8 Å². The highest BCUT2D eigenvalue weighted by molar-refractivity contribution is 5.90. The summed E-state index contributed by atoms with van der Waals surface area (Å²) in [6, 6.07) is 0. The van der Waals surface area contributed by atoms with Crippen LogP contribution in [-0.2, 0) is 9.53 Å². The minimum Gasteiger partial charge on any atom is -0.479 e. The molecule has 100 valence electrons. The second kappa shape index (κ2) is 6.10. The highest BCUT2D eigenvalue weighted by Crippen LogP contribution is 2.07. The topological polar surface area (TPSA) is 117 Å². The number of aliphatic carboxylic acids is 1. The van der Waals surface area contributed by atoms with Gasteiger partial charge in [-0.15, -0.1) is 5.10 Å². The number of carbonyl (C=O) groups excluding carboxylic acids is 1. The number of H-pyrrole nitrogens is 1. The van der Waals surface area contributed by atoms with E-state index in [0.29, 0.717) is 5.82 Å². The summed E-state index contributed by atoms with van der Waals surface area (Å²) in [5.41, 5.74) is 0. The van der Waals surface area contributed by atoms with Gasteiger partial charge in [0, 0.05) is 13.0 Å². The number of hydrogen-bond donors (Lipinski definition) is 3. The molecule has 8 heteroatoms. The first-order valence-electron chi connectivity index (χ1n) is 5.41. The average Bonchev–Trinajstić information content (AvgIpc) is 2.78. The molecule has 0 saturated heterocycles. The molecule has 0 aliphatic rings. The number of aromatic amines is 1. The van der Waals surface area contributed by atoms with E-state index in [-0.39, 0.29) is 18.3 Å². The van der Waals surface area contributed by atoms with Gasteiger partial charge in [-0.05, 0) is 0 Å². The number of nitrogens with zero attached hydrogens (tertiary/aromatic N) is 2. The lowest BCUT2D eigenvalue weighted by molar-refractivity contribution is -0.148. The molecule has 1 aromatic rings. The molecule has 1 atom stereocenters. The Hall–Kier alpha value is -1.96. The lowest BCUT2D eigenvalue weighted by Gasteiger charge is -2.10. The van der Waals surface area contributed by atoms with Gasteiger partial charge in [0.2, 0.25) is 5.82 Å². The first-order valence-corrected chi connectivity index (χ1v) is 5.41. The Morgan fingerprint density at radius 3 is 2.61 bits per heavy atom. The Kier molecular flexibility index (Phi) is 4.78. The summed E-state index contributed by atoms with van der Waals surface area (Å²) in [7, 11) is 1.26. The van der Waals surface area contributed by atoms with Crippen LogP contribution in [0.15, 0.2) is 0 Å². The van der Waals surface area contributed by atoms with Crippen LogP contribution in [0.4, 0.5) is 0 Å². The van der Waals surface area contributed by atoms with E-state index in [2.05, 4.69) is 25.2 Å². The number of methoxy groups -OCH3 is 1. The molecule has 0 radical (unpaired) electrons. The van der Waals surface area contributed by atoms with E-state index in [1.54, 1.807) is 0 Å². The van der Waals surface area contributed by atoms with Gasteiger partial charge in [0.15, 0.2) is 6.10 Å². The molecule has 0 aliphatic carbocycles. The van der Waals surface area contributed by atoms with Crippen molar-refractivity contribution in [3.8, 4) is 0 Å². The second-order valence-corrected chi connectivity index (χ2v) is 3.97. The molecular formula is C10H16N4O4. The molecule has 1 rings (SSSR count). The fraction of sp³-hybridized carbons (Fsp3) is 0.600. The van der Waals surface area contributed by atoms with Crippen molar-refractivity contribution < 1.29 is 19.4 Å². The summed E-state index contributed by atoms with van der Waals surface area (Å²) in [6.45, 7) is 3.68. The summed E-state index contributed by atoms with van der Waals surface area (Å²) in [5.74, 6) is -0.970. The van der Waals surface area contributed by atoms with Crippen molar-refractivity contribution in [1.29, 1.82) is 0 Å². The number of hydrogen-bond acceptors (Lipinski definition) is 5. The molecule has 18 heavy (non-hydrogen) atoms. The third-order valence-corrected chi connectivity index (χ3v) is 2.26. The van der Waals surface area contributed by atoms with Crippen molar-refractivity contribution in [1.82, 2.24) is 20.5 Å². The number of carbonyl (C=O) groups is 2. The van der Waals surface area contributed by atoms with Gasteiger partial charge in [-0.1, -0.05) is 13.8 Å². The average molecular weight is 256 g/mol. The SMILES string of the molecule is COC(CNC(=O)c1n[nH]c(C(C)C)n1)C(=O)O. The van der Waals surface area contributed by atoms with Gasteiger partial charge >= 0.3 is 5.97 Å². The summed E-state index contributed by atoms with van der Waals surface area (Å²) >= 11 is 0. The molecular weight excluding hydrogens is 240 g/mol. The Labute approximate surface area is 104 Å². The highest BCUT2D eigenvalue weighted by Gasteiger charge is 2.19. The fourth-order valence-electron chi connectivity index (χ4n) is 1.17. The Morgan fingerprint density at radius 1 is 1.50 bits per heavy atom. The van der Waals surface area contributed by atoms with Crippen molar-refractivity contribution in [2.45, 2.75) is 25.9 Å². The predicted molar refractivity (Wildman–Crippen MR) is 61.2 cm³/mol. The van der Waals surface area contributed by atoms with E-state index in [0.717, 1.165) is 0 Å². The van der Waals surface area contributed by atoms with Crippen molar-refractivity contribution in [2.75, 3.05) is 13.7 Å². The van der Waals surface area contributed by atoms with Gasteiger partial charge in [0.25, 0.3) is 5.91 Å². The zero-order chi connectivity index (χ0) is 13.7. The predicted octanol–water partition coefficient (Wildman–Crippen LogP) is -0.242. The van der Waals surface area contributed by atoms with Gasteiger partial charge in [-0.2, -0.15) is 0 Å². The van der Waals surface area contributed by atoms with Crippen LogP contribution in [0.5, 0.6) is 0 Å². The first-order chi connectivity index (χ1) is 8.45. The van der Waals surface area contributed by atoms with Crippen LogP contribution in [-0.4, -0.2) is 51.9 Å². The maximum Gasteiger partial charge on any atom is 0.334 e. The van der Waals surface area contributed by atoms with E-state index < -0.39 is 18.0 Å². The third-order valence-electron chi connectivity index (χ3n) is 2.26. The number of nitrogens with one attached hydrogen (secondary N) is 2. The lowest BCUT2D eigenvalue weighted by atomic mass is 10.2. The van der Waals surface area contributed by atoms with E-state index in [9.17, 15) is 9.59 Å². The zero-order valence-electron chi connectivity index (χ0n) is 10.4. The number of carboxylic acids is 1. The van der Waals surface area contributed by atoms with Crippen LogP contribution in [0.2, 0.25) is 0 Å². The van der Waals surface area contributed by atoms with Crippen LogP contribution < -0.4 is 5.32 Å². The normalized spacial score (nSPS) is 12.4. The summed E-state index contributed by atoms with van der Waals surface area (Å²) in [5, 5.41) is 17.5. The number of ether oxygens (including phenoxy) is 1. The maximum atomic E-state index is 11.6. The lowest BCUT2D eigenvalue weighted by Crippen LogP contribution is -2.38. The van der Waals surface area contributed by atoms with Crippen molar-refractivity contribution >= 4 is 11.9 Å². The molecule has 0 aliphatic heterocycles. The monoisotopic (exact) mass is 256 g/mol. The number of amides is 1. The van der Waals surface area contributed by atoms with E-state index in [4.69, 9.17) is 5.11 Å². The minimum absolute atomic E-state index is 0.0149. The van der Waals surface area contributed by atoms with Crippen molar-refractivity contribution in [3.05, 3.63) is 11.6 Å². The quantitative estimate of drug-likeness (QED) is 0.646. The minimum atomic E-state index is -1.14. The summed E-state index contributed by atoms with van der Waals surface area (Å²) in [4.78, 5) is 26.3. The number of aromatic nitrogens is 3. The van der Waals surface area contributed by atoms with Gasteiger partial charge in [-0.3, -0.25) is 9.89 Å². The molecule has 0 bridgehead atoms. The van der Waals surface area contributed by atoms with Crippen LogP contribution in [0.3, 0.4) is 0 Å². The van der Waals surface area contributed by atoms with E-state index in [1.165, 1.54) is 7.11 Å². The smallest absolute Gasteiger partial charge is 0.334 e. The zero-order valence-corrected chi connectivity index (χ0v) is 10.4. The number of rotatable bonds is 6. The molecule has 1 aromatic heterocycles. The summed E-state index contributed by atoms with van der Waals surface area (Å²) < 4.78 is 4.68. The highest BCUT2D eigenvalue weighted by atomic mass is 16.5. The van der Waals surface area contributed by atoms with Crippen LogP contribution >= 0.6 is 0 Å². The van der Waals surface area contributed by atoms with Crippen molar-refractivity contribution in [2.24, 2.45) is 0 Å². The van der Waals surface area contributed by atoms with Crippen LogP contribution in [0.1, 0.15) is 36.2 Å². The fourth-order valence-corrected chi connectivity index (χ4v) is 1.17. The molecule has 0 aromatic carbocycles. The number of carboxylic acid groups (broad SMARTS) is 1.